The maximum Gasteiger partial charge on any atom is 0.335 e. The monoisotopic (exact) mass is 245 g/mol. The van der Waals surface area contributed by atoms with Gasteiger partial charge in [0.15, 0.2) is 0 Å². The van der Waals surface area contributed by atoms with Crippen LogP contribution < -0.4 is 5.32 Å². The van der Waals surface area contributed by atoms with Crippen molar-refractivity contribution in [1.29, 1.82) is 0 Å². The first-order valence-electron chi connectivity index (χ1n) is 5.43. The van der Waals surface area contributed by atoms with Gasteiger partial charge in [0.25, 0.3) is 0 Å². The second-order valence-corrected chi connectivity index (χ2v) is 3.99. The van der Waals surface area contributed by atoms with Crippen molar-refractivity contribution in [3.05, 3.63) is 59.4 Å². The van der Waals surface area contributed by atoms with Gasteiger partial charge < -0.3 is 10.4 Å². The van der Waals surface area contributed by atoms with Gasteiger partial charge in [-0.15, -0.1) is 0 Å². The minimum Gasteiger partial charge on any atom is -0.478 e. The summed E-state index contributed by atoms with van der Waals surface area (Å²) in [6.45, 7) is 1.81. The van der Waals surface area contributed by atoms with Crippen LogP contribution in [0.3, 0.4) is 0 Å². The number of aromatic carboxylic acids is 1. The number of nitrogens with one attached hydrogen (secondary N) is 1. The van der Waals surface area contributed by atoms with Crippen LogP contribution in [0.1, 0.15) is 15.9 Å². The van der Waals surface area contributed by atoms with E-state index in [1.54, 1.807) is 24.3 Å². The van der Waals surface area contributed by atoms with Gasteiger partial charge in [0.2, 0.25) is 0 Å². The summed E-state index contributed by atoms with van der Waals surface area (Å²) in [4.78, 5) is 10.7. The molecule has 2 rings (SSSR count). The second-order valence-electron chi connectivity index (χ2n) is 3.99. The van der Waals surface area contributed by atoms with E-state index in [-0.39, 0.29) is 11.4 Å². The van der Waals surface area contributed by atoms with Gasteiger partial charge in [-0.25, -0.2) is 9.18 Å². The molecule has 0 bridgehead atoms. The minimum absolute atomic E-state index is 0.199. The molecule has 0 fully saturated rings. The maximum absolute atomic E-state index is 13.6. The molecule has 0 radical (unpaired) electrons. The van der Waals surface area contributed by atoms with Crippen molar-refractivity contribution in [3.8, 4) is 0 Å². The number of carbonyl (C=O) groups is 1. The van der Waals surface area contributed by atoms with E-state index in [0.717, 1.165) is 5.56 Å². The lowest BCUT2D eigenvalue weighted by Crippen LogP contribution is -1.97. The average molecular weight is 245 g/mol. The maximum atomic E-state index is 13.6. The van der Waals surface area contributed by atoms with Crippen molar-refractivity contribution < 1.29 is 14.3 Å². The molecule has 0 amide bonds. The van der Waals surface area contributed by atoms with E-state index in [4.69, 9.17) is 5.11 Å². The average Bonchev–Trinajstić information content (AvgIpc) is 2.33. The third kappa shape index (κ3) is 2.66. The lowest BCUT2D eigenvalue weighted by atomic mass is 10.2. The number of halogens is 1. The molecular formula is C14H12FNO2. The highest BCUT2D eigenvalue weighted by atomic mass is 19.1. The zero-order chi connectivity index (χ0) is 13.1. The first kappa shape index (κ1) is 12.1. The Labute approximate surface area is 104 Å². The number of carboxylic acid groups (broad SMARTS) is 1. The summed E-state index contributed by atoms with van der Waals surface area (Å²) in [5, 5.41) is 11.7. The summed E-state index contributed by atoms with van der Waals surface area (Å²) in [5.74, 6) is -1.32. The van der Waals surface area contributed by atoms with Gasteiger partial charge in [0, 0.05) is 5.69 Å². The van der Waals surface area contributed by atoms with Gasteiger partial charge in [-0.3, -0.25) is 0 Å². The van der Waals surface area contributed by atoms with Crippen LogP contribution >= 0.6 is 0 Å². The van der Waals surface area contributed by atoms with Crippen LogP contribution in [-0.2, 0) is 0 Å². The zero-order valence-corrected chi connectivity index (χ0v) is 9.77. The quantitative estimate of drug-likeness (QED) is 0.869. The lowest BCUT2D eigenvalue weighted by Gasteiger charge is -2.08. The van der Waals surface area contributed by atoms with E-state index in [0.29, 0.717) is 11.4 Å². The van der Waals surface area contributed by atoms with E-state index >= 15 is 0 Å². The molecule has 4 heteroatoms. The van der Waals surface area contributed by atoms with Gasteiger partial charge in [0.1, 0.15) is 5.82 Å². The lowest BCUT2D eigenvalue weighted by molar-refractivity contribution is 0.0697. The molecule has 0 unspecified atom stereocenters. The Morgan fingerprint density at radius 3 is 2.39 bits per heavy atom. The largest absolute Gasteiger partial charge is 0.478 e. The van der Waals surface area contributed by atoms with Crippen LogP contribution in [0.2, 0.25) is 0 Å². The fourth-order valence-corrected chi connectivity index (χ4v) is 1.57. The predicted octanol–water partition coefficient (Wildman–Crippen LogP) is 3.58. The molecule has 2 aromatic carbocycles. The number of carboxylic acids is 1. The molecule has 0 aliphatic carbocycles. The number of rotatable bonds is 3. The van der Waals surface area contributed by atoms with Crippen molar-refractivity contribution >= 4 is 17.3 Å². The predicted molar refractivity (Wildman–Crippen MR) is 67.8 cm³/mol. The smallest absolute Gasteiger partial charge is 0.335 e. The van der Waals surface area contributed by atoms with Crippen LogP contribution in [0.25, 0.3) is 0 Å². The van der Waals surface area contributed by atoms with Gasteiger partial charge in [-0.1, -0.05) is 6.07 Å². The Balaban J connectivity index is 2.21. The number of hydrogen-bond donors (Lipinski definition) is 2. The highest BCUT2D eigenvalue weighted by Gasteiger charge is 2.04. The standard InChI is InChI=1S/C14H12FNO2/c1-9-2-7-13(12(15)8-9)16-11-5-3-10(4-6-11)14(17)18/h2-8,16H,1H3,(H,17,18). The summed E-state index contributed by atoms with van der Waals surface area (Å²) >= 11 is 0. The highest BCUT2D eigenvalue weighted by Crippen LogP contribution is 2.21. The van der Waals surface area contributed by atoms with Crippen LogP contribution in [0, 0.1) is 12.7 Å². The summed E-state index contributed by atoms with van der Waals surface area (Å²) in [7, 11) is 0. The third-order valence-electron chi connectivity index (χ3n) is 2.54. The molecule has 18 heavy (non-hydrogen) atoms. The van der Waals surface area contributed by atoms with E-state index in [1.807, 2.05) is 6.92 Å². The topological polar surface area (TPSA) is 49.3 Å². The van der Waals surface area contributed by atoms with Crippen molar-refractivity contribution in [3.63, 3.8) is 0 Å². The molecule has 0 spiro atoms. The minimum atomic E-state index is -0.983. The molecule has 2 N–H and O–H groups in total. The Hall–Kier alpha value is -2.36. The summed E-state index contributed by atoms with van der Waals surface area (Å²) in [6.07, 6.45) is 0. The normalized spacial score (nSPS) is 10.1. The SMILES string of the molecule is Cc1ccc(Nc2ccc(C(=O)O)cc2)c(F)c1. The molecule has 0 aliphatic heterocycles. The Bertz CT molecular complexity index is 579. The van der Waals surface area contributed by atoms with Crippen molar-refractivity contribution in [2.24, 2.45) is 0 Å². The molecular weight excluding hydrogens is 233 g/mol. The van der Waals surface area contributed by atoms with Crippen LogP contribution in [0.15, 0.2) is 42.5 Å². The third-order valence-corrected chi connectivity index (χ3v) is 2.54. The van der Waals surface area contributed by atoms with Crippen LogP contribution in [0.5, 0.6) is 0 Å². The highest BCUT2D eigenvalue weighted by molar-refractivity contribution is 5.88. The first-order valence-corrected chi connectivity index (χ1v) is 5.43. The van der Waals surface area contributed by atoms with E-state index < -0.39 is 5.97 Å². The van der Waals surface area contributed by atoms with Crippen molar-refractivity contribution in [1.82, 2.24) is 0 Å². The zero-order valence-electron chi connectivity index (χ0n) is 9.77. The molecule has 0 saturated carbocycles. The van der Waals surface area contributed by atoms with E-state index in [2.05, 4.69) is 5.32 Å². The molecule has 2 aromatic rings. The van der Waals surface area contributed by atoms with Gasteiger partial charge in [-0.05, 0) is 48.9 Å². The molecule has 0 atom stereocenters. The van der Waals surface area contributed by atoms with Gasteiger partial charge in [0.05, 0.1) is 11.3 Å². The fourth-order valence-electron chi connectivity index (χ4n) is 1.57. The number of aryl methyl sites for hydroxylation is 1. The Morgan fingerprint density at radius 2 is 1.83 bits per heavy atom. The fraction of sp³-hybridized carbons (Fsp3) is 0.0714. The number of hydrogen-bond acceptors (Lipinski definition) is 2. The molecule has 0 saturated heterocycles. The molecule has 3 nitrogen and oxygen atoms in total. The first-order chi connectivity index (χ1) is 8.56. The second kappa shape index (κ2) is 4.87. The van der Waals surface area contributed by atoms with E-state index in [9.17, 15) is 9.18 Å². The molecule has 0 aliphatic rings. The Morgan fingerprint density at radius 1 is 1.17 bits per heavy atom. The molecule has 92 valence electrons. The van der Waals surface area contributed by atoms with Crippen LogP contribution in [0.4, 0.5) is 15.8 Å². The molecule has 0 heterocycles. The van der Waals surface area contributed by atoms with Crippen molar-refractivity contribution in [2.45, 2.75) is 6.92 Å². The summed E-state index contributed by atoms with van der Waals surface area (Å²) in [5.41, 5.74) is 2.05. The van der Waals surface area contributed by atoms with Crippen molar-refractivity contribution in [2.75, 3.05) is 5.32 Å². The number of benzene rings is 2. The number of anilines is 2. The van der Waals surface area contributed by atoms with Gasteiger partial charge in [-0.2, -0.15) is 0 Å². The van der Waals surface area contributed by atoms with Crippen LogP contribution in [-0.4, -0.2) is 11.1 Å². The summed E-state index contributed by atoms with van der Waals surface area (Å²) in [6, 6.07) is 11.0. The summed E-state index contributed by atoms with van der Waals surface area (Å²) < 4.78 is 13.6. The van der Waals surface area contributed by atoms with E-state index in [1.165, 1.54) is 18.2 Å². The Kier molecular flexibility index (Phi) is 3.28. The molecule has 0 aromatic heterocycles. The van der Waals surface area contributed by atoms with Gasteiger partial charge >= 0.3 is 5.97 Å².